The molecule has 0 radical (unpaired) electrons. The third kappa shape index (κ3) is 2.30. The Labute approximate surface area is 178 Å². The van der Waals surface area contributed by atoms with Crippen molar-refractivity contribution >= 4 is 39.2 Å². The van der Waals surface area contributed by atoms with Gasteiger partial charge in [-0.05, 0) is 29.8 Å². The molecule has 1 aliphatic rings. The van der Waals surface area contributed by atoms with E-state index in [9.17, 15) is 9.59 Å². The first kappa shape index (κ1) is 17.7. The normalized spacial score (nSPS) is 17.9. The molecule has 4 nitrogen and oxygen atoms in total. The van der Waals surface area contributed by atoms with E-state index in [1.54, 1.807) is 4.57 Å². The van der Waals surface area contributed by atoms with E-state index >= 15 is 0 Å². The van der Waals surface area contributed by atoms with Crippen LogP contribution in [-0.4, -0.2) is 16.3 Å². The number of benzene rings is 4. The van der Waals surface area contributed by atoms with Crippen LogP contribution in [0.25, 0.3) is 21.8 Å². The number of carbonyl (C=O) groups excluding carboxylic acids is 2. The summed E-state index contributed by atoms with van der Waals surface area (Å²) in [5.74, 6) is -0.536. The fraction of sp³-hybridized carbons (Fsp3) is 0.0370. The van der Waals surface area contributed by atoms with Crippen molar-refractivity contribution < 1.29 is 9.59 Å². The summed E-state index contributed by atoms with van der Waals surface area (Å²) in [4.78, 5) is 28.4. The van der Waals surface area contributed by atoms with E-state index in [2.05, 4.69) is 5.32 Å². The van der Waals surface area contributed by atoms with Gasteiger partial charge in [0, 0.05) is 22.0 Å². The van der Waals surface area contributed by atoms with Gasteiger partial charge in [0.25, 0.3) is 5.91 Å². The molecule has 5 aromatic rings. The van der Waals surface area contributed by atoms with Crippen LogP contribution in [0.1, 0.15) is 20.7 Å². The van der Waals surface area contributed by atoms with Crippen LogP contribution in [0.2, 0.25) is 0 Å². The number of hydrogen-bond donors (Lipinski definition) is 1. The van der Waals surface area contributed by atoms with Crippen molar-refractivity contribution in [3.63, 3.8) is 0 Å². The zero-order valence-corrected chi connectivity index (χ0v) is 16.6. The SMILES string of the molecule is O=C1c2cccc3c4ccccc4n(c23)C(=O)C1(Nc1ccccc1)c1ccccc1. The Kier molecular flexibility index (Phi) is 3.65. The molecule has 1 unspecified atom stereocenters. The van der Waals surface area contributed by atoms with Crippen LogP contribution in [0.4, 0.5) is 5.69 Å². The molecular weight excluding hydrogens is 384 g/mol. The molecule has 0 fully saturated rings. The Bertz CT molecular complexity index is 1490. The molecule has 1 aliphatic heterocycles. The minimum atomic E-state index is -1.56. The van der Waals surface area contributed by atoms with Gasteiger partial charge in [0.2, 0.25) is 11.3 Å². The van der Waals surface area contributed by atoms with Crippen LogP contribution in [-0.2, 0) is 5.54 Å². The van der Waals surface area contributed by atoms with Crippen molar-refractivity contribution in [2.75, 3.05) is 5.32 Å². The van der Waals surface area contributed by atoms with Crippen LogP contribution >= 0.6 is 0 Å². The minimum absolute atomic E-state index is 0.242. The Hall–Kier alpha value is -4.18. The van der Waals surface area contributed by atoms with Crippen molar-refractivity contribution in [1.29, 1.82) is 0 Å². The lowest BCUT2D eigenvalue weighted by Crippen LogP contribution is -2.55. The molecule has 6 rings (SSSR count). The first-order valence-electron chi connectivity index (χ1n) is 10.2. The fourth-order valence-electron chi connectivity index (χ4n) is 4.74. The molecule has 4 heteroatoms. The Morgan fingerprint density at radius 1 is 0.645 bits per heavy atom. The predicted molar refractivity (Wildman–Crippen MR) is 123 cm³/mol. The second-order valence-electron chi connectivity index (χ2n) is 7.80. The van der Waals surface area contributed by atoms with Crippen molar-refractivity contribution in [3.8, 4) is 0 Å². The van der Waals surface area contributed by atoms with Gasteiger partial charge in [-0.15, -0.1) is 0 Å². The summed E-state index contributed by atoms with van der Waals surface area (Å²) in [6, 6.07) is 32.2. The zero-order chi connectivity index (χ0) is 21.0. The van der Waals surface area contributed by atoms with Gasteiger partial charge >= 0.3 is 0 Å². The maximum atomic E-state index is 14.3. The van der Waals surface area contributed by atoms with E-state index in [0.29, 0.717) is 22.3 Å². The number of rotatable bonds is 3. The number of aromatic nitrogens is 1. The van der Waals surface area contributed by atoms with Gasteiger partial charge in [0.05, 0.1) is 11.0 Å². The Morgan fingerprint density at radius 2 is 1.29 bits per heavy atom. The Balaban J connectivity index is 1.73. The molecule has 1 atom stereocenters. The molecular formula is C27H18N2O2. The zero-order valence-electron chi connectivity index (χ0n) is 16.6. The highest BCUT2D eigenvalue weighted by atomic mass is 16.2. The predicted octanol–water partition coefficient (Wildman–Crippen LogP) is 5.64. The van der Waals surface area contributed by atoms with Gasteiger partial charge in [-0.1, -0.05) is 78.9 Å². The standard InChI is InChI=1S/C27H18N2O2/c30-25-22-16-9-15-21-20-14-7-8-17-23(20)29(24(21)22)26(31)27(25,18-10-3-1-4-11-18)28-19-12-5-2-6-13-19/h1-17,28H. The summed E-state index contributed by atoms with van der Waals surface area (Å²) in [6.45, 7) is 0. The first-order chi connectivity index (χ1) is 15.2. The van der Waals surface area contributed by atoms with Gasteiger partial charge in [0.15, 0.2) is 0 Å². The van der Waals surface area contributed by atoms with Gasteiger partial charge in [-0.3, -0.25) is 14.2 Å². The number of para-hydroxylation sites is 3. The number of carbonyl (C=O) groups is 2. The number of fused-ring (bicyclic) bond motifs is 3. The molecule has 0 saturated carbocycles. The van der Waals surface area contributed by atoms with Crippen LogP contribution in [0, 0.1) is 0 Å². The summed E-state index contributed by atoms with van der Waals surface area (Å²) in [5, 5.41) is 5.20. The molecule has 31 heavy (non-hydrogen) atoms. The Morgan fingerprint density at radius 3 is 2.06 bits per heavy atom. The molecule has 1 N–H and O–H groups in total. The van der Waals surface area contributed by atoms with Crippen LogP contribution in [0.5, 0.6) is 0 Å². The van der Waals surface area contributed by atoms with Crippen LogP contribution in [0.15, 0.2) is 103 Å². The third-order valence-corrected chi connectivity index (χ3v) is 6.12. The summed E-state index contributed by atoms with van der Waals surface area (Å²) < 4.78 is 1.71. The van der Waals surface area contributed by atoms with Crippen molar-refractivity contribution in [2.45, 2.75) is 5.54 Å². The average molecular weight is 402 g/mol. The number of hydrogen-bond acceptors (Lipinski definition) is 3. The first-order valence-corrected chi connectivity index (χ1v) is 10.2. The van der Waals surface area contributed by atoms with E-state index in [4.69, 9.17) is 0 Å². The summed E-state index contributed by atoms with van der Waals surface area (Å²) in [5.41, 5.74) is 1.79. The molecule has 4 aromatic carbocycles. The average Bonchev–Trinajstić information content (AvgIpc) is 3.17. The lowest BCUT2D eigenvalue weighted by Gasteiger charge is -2.37. The monoisotopic (exact) mass is 402 g/mol. The van der Waals surface area contributed by atoms with Crippen LogP contribution < -0.4 is 5.32 Å². The number of nitrogens with zero attached hydrogens (tertiary/aromatic N) is 1. The largest absolute Gasteiger partial charge is 0.361 e. The van der Waals surface area contributed by atoms with Crippen LogP contribution in [0.3, 0.4) is 0 Å². The number of Topliss-reactive ketones (excluding diaryl/α,β-unsaturated/α-hetero) is 1. The minimum Gasteiger partial charge on any atom is -0.361 e. The quantitative estimate of drug-likeness (QED) is 0.398. The van der Waals surface area contributed by atoms with Crippen molar-refractivity contribution in [1.82, 2.24) is 4.57 Å². The van der Waals surface area contributed by atoms with E-state index in [0.717, 1.165) is 16.3 Å². The molecule has 0 spiro atoms. The molecule has 0 saturated heterocycles. The van der Waals surface area contributed by atoms with Gasteiger partial charge in [-0.25, -0.2) is 0 Å². The van der Waals surface area contributed by atoms with E-state index in [1.165, 1.54) is 0 Å². The third-order valence-electron chi connectivity index (χ3n) is 6.12. The maximum Gasteiger partial charge on any atom is 0.270 e. The van der Waals surface area contributed by atoms with Gasteiger partial charge in [0.1, 0.15) is 0 Å². The molecule has 0 bridgehead atoms. The van der Waals surface area contributed by atoms with E-state index < -0.39 is 5.54 Å². The van der Waals surface area contributed by atoms with E-state index in [1.807, 2.05) is 103 Å². The molecule has 0 amide bonds. The fourth-order valence-corrected chi connectivity index (χ4v) is 4.74. The van der Waals surface area contributed by atoms with E-state index in [-0.39, 0.29) is 11.7 Å². The number of anilines is 1. The lowest BCUT2D eigenvalue weighted by molar-refractivity contribution is 0.0727. The second-order valence-corrected chi connectivity index (χ2v) is 7.80. The highest BCUT2D eigenvalue weighted by Crippen LogP contribution is 2.42. The highest BCUT2D eigenvalue weighted by molar-refractivity contribution is 6.32. The number of nitrogens with one attached hydrogen (secondary N) is 1. The second kappa shape index (κ2) is 6.41. The highest BCUT2D eigenvalue weighted by Gasteiger charge is 2.53. The molecule has 148 valence electrons. The molecule has 0 aliphatic carbocycles. The maximum absolute atomic E-state index is 14.3. The van der Waals surface area contributed by atoms with Gasteiger partial charge < -0.3 is 5.32 Å². The topological polar surface area (TPSA) is 51.1 Å². The molecule has 2 heterocycles. The lowest BCUT2D eigenvalue weighted by atomic mass is 9.78. The summed E-state index contributed by atoms with van der Waals surface area (Å²) >= 11 is 0. The smallest absolute Gasteiger partial charge is 0.270 e. The molecule has 1 aromatic heterocycles. The summed E-state index contributed by atoms with van der Waals surface area (Å²) in [6.07, 6.45) is 0. The number of ketones is 1. The van der Waals surface area contributed by atoms with Crippen molar-refractivity contribution in [2.24, 2.45) is 0 Å². The van der Waals surface area contributed by atoms with Gasteiger partial charge in [-0.2, -0.15) is 0 Å². The summed E-state index contributed by atoms with van der Waals surface area (Å²) in [7, 11) is 0. The van der Waals surface area contributed by atoms with Crippen molar-refractivity contribution in [3.05, 3.63) is 114 Å².